The molecule has 0 heterocycles. The molecule has 1 unspecified atom stereocenters. The molecular formula is C13H20. The summed E-state index contributed by atoms with van der Waals surface area (Å²) in [5, 5.41) is 0. The standard InChI is InChI=1S/C13H20/c1-3-12-10(2)8-9-11-6-4-5-7-13(11)12/h6,8-10,12-13H,3-5,7H2,1-2H3/t10-,12-,13?/m0/s1. The minimum atomic E-state index is 0.797. The van der Waals surface area contributed by atoms with Crippen molar-refractivity contribution in [3.63, 3.8) is 0 Å². The summed E-state index contributed by atoms with van der Waals surface area (Å²) in [4.78, 5) is 0. The van der Waals surface area contributed by atoms with Crippen molar-refractivity contribution < 1.29 is 0 Å². The number of hydrogen-bond donors (Lipinski definition) is 0. The summed E-state index contributed by atoms with van der Waals surface area (Å²) in [7, 11) is 0. The lowest BCUT2D eigenvalue weighted by Gasteiger charge is -2.36. The van der Waals surface area contributed by atoms with Crippen LogP contribution < -0.4 is 0 Å². The molecule has 2 aliphatic rings. The van der Waals surface area contributed by atoms with Crippen molar-refractivity contribution >= 4 is 0 Å². The van der Waals surface area contributed by atoms with Crippen molar-refractivity contribution in [1.29, 1.82) is 0 Å². The van der Waals surface area contributed by atoms with E-state index in [1.807, 2.05) is 0 Å². The predicted octanol–water partition coefficient (Wildman–Crippen LogP) is 3.95. The highest BCUT2D eigenvalue weighted by Gasteiger charge is 2.30. The quantitative estimate of drug-likeness (QED) is 0.567. The van der Waals surface area contributed by atoms with Crippen molar-refractivity contribution in [2.45, 2.75) is 39.5 Å². The van der Waals surface area contributed by atoms with Crippen LogP contribution in [0.4, 0.5) is 0 Å². The average molecular weight is 176 g/mol. The first kappa shape index (κ1) is 9.05. The van der Waals surface area contributed by atoms with Gasteiger partial charge in [-0.05, 0) is 42.6 Å². The van der Waals surface area contributed by atoms with Crippen molar-refractivity contribution in [3.05, 3.63) is 23.8 Å². The summed E-state index contributed by atoms with van der Waals surface area (Å²) in [6.07, 6.45) is 12.7. The van der Waals surface area contributed by atoms with Gasteiger partial charge in [-0.25, -0.2) is 0 Å². The molecule has 13 heavy (non-hydrogen) atoms. The topological polar surface area (TPSA) is 0 Å². The van der Waals surface area contributed by atoms with Crippen LogP contribution in [0.15, 0.2) is 23.8 Å². The van der Waals surface area contributed by atoms with E-state index in [2.05, 4.69) is 32.1 Å². The van der Waals surface area contributed by atoms with Gasteiger partial charge in [-0.1, -0.05) is 38.5 Å². The summed E-state index contributed by atoms with van der Waals surface area (Å²) < 4.78 is 0. The minimum absolute atomic E-state index is 0.797. The normalized spacial score (nSPS) is 38.3. The molecule has 0 spiro atoms. The maximum atomic E-state index is 2.46. The molecule has 0 nitrogen and oxygen atoms in total. The molecule has 0 aromatic heterocycles. The summed E-state index contributed by atoms with van der Waals surface area (Å²) in [5.41, 5.74) is 1.64. The van der Waals surface area contributed by atoms with Crippen molar-refractivity contribution in [2.24, 2.45) is 17.8 Å². The van der Waals surface area contributed by atoms with Crippen LogP contribution in [0.3, 0.4) is 0 Å². The first-order valence-corrected chi connectivity index (χ1v) is 5.71. The van der Waals surface area contributed by atoms with Gasteiger partial charge in [0.2, 0.25) is 0 Å². The fraction of sp³-hybridized carbons (Fsp3) is 0.692. The molecule has 2 aliphatic carbocycles. The molecule has 3 atom stereocenters. The molecule has 0 aromatic rings. The molecule has 0 saturated heterocycles. The van der Waals surface area contributed by atoms with E-state index in [1.165, 1.54) is 25.7 Å². The van der Waals surface area contributed by atoms with Crippen molar-refractivity contribution in [3.8, 4) is 0 Å². The van der Waals surface area contributed by atoms with Gasteiger partial charge in [-0.2, -0.15) is 0 Å². The fourth-order valence-electron chi connectivity index (χ4n) is 3.01. The summed E-state index contributed by atoms with van der Waals surface area (Å²) in [6, 6.07) is 0. The fourth-order valence-corrected chi connectivity index (χ4v) is 3.01. The van der Waals surface area contributed by atoms with E-state index in [9.17, 15) is 0 Å². The van der Waals surface area contributed by atoms with Gasteiger partial charge in [0.05, 0.1) is 0 Å². The molecule has 0 saturated carbocycles. The minimum Gasteiger partial charge on any atom is -0.0811 e. The van der Waals surface area contributed by atoms with Crippen LogP contribution in [0.1, 0.15) is 39.5 Å². The molecule has 0 fully saturated rings. The highest BCUT2D eigenvalue weighted by molar-refractivity contribution is 5.28. The Morgan fingerprint density at radius 2 is 2.31 bits per heavy atom. The Morgan fingerprint density at radius 1 is 1.46 bits per heavy atom. The average Bonchev–Trinajstić information content (AvgIpc) is 2.18. The van der Waals surface area contributed by atoms with Crippen LogP contribution >= 0.6 is 0 Å². The Bertz CT molecular complexity index is 234. The SMILES string of the molecule is CC[C@@H]1C2CCCC=C2C=C[C@@H]1C. The lowest BCUT2D eigenvalue weighted by molar-refractivity contribution is 0.268. The van der Waals surface area contributed by atoms with E-state index < -0.39 is 0 Å². The molecule has 0 N–H and O–H groups in total. The van der Waals surface area contributed by atoms with Gasteiger partial charge in [-0.3, -0.25) is 0 Å². The van der Waals surface area contributed by atoms with Crippen LogP contribution in [-0.4, -0.2) is 0 Å². The number of rotatable bonds is 1. The highest BCUT2D eigenvalue weighted by atomic mass is 14.3. The summed E-state index contributed by atoms with van der Waals surface area (Å²) in [5.74, 6) is 2.60. The van der Waals surface area contributed by atoms with E-state index in [4.69, 9.17) is 0 Å². The molecular weight excluding hydrogens is 156 g/mol. The molecule has 0 aliphatic heterocycles. The molecule has 0 bridgehead atoms. The Kier molecular flexibility index (Phi) is 2.57. The van der Waals surface area contributed by atoms with Crippen LogP contribution in [0.2, 0.25) is 0 Å². The Morgan fingerprint density at radius 3 is 3.08 bits per heavy atom. The zero-order chi connectivity index (χ0) is 9.26. The van der Waals surface area contributed by atoms with Crippen LogP contribution in [0.25, 0.3) is 0 Å². The lowest BCUT2D eigenvalue weighted by Crippen LogP contribution is -2.26. The Labute approximate surface area is 81.7 Å². The highest BCUT2D eigenvalue weighted by Crippen LogP contribution is 2.41. The van der Waals surface area contributed by atoms with Crippen LogP contribution in [0.5, 0.6) is 0 Å². The van der Waals surface area contributed by atoms with Gasteiger partial charge < -0.3 is 0 Å². The second-order valence-corrected chi connectivity index (χ2v) is 4.53. The first-order chi connectivity index (χ1) is 6.33. The third kappa shape index (κ3) is 1.59. The van der Waals surface area contributed by atoms with Gasteiger partial charge in [0, 0.05) is 0 Å². The van der Waals surface area contributed by atoms with Gasteiger partial charge in [0.15, 0.2) is 0 Å². The lowest BCUT2D eigenvalue weighted by atomic mass is 9.69. The Balaban J connectivity index is 2.25. The van der Waals surface area contributed by atoms with E-state index >= 15 is 0 Å². The third-order valence-corrected chi connectivity index (χ3v) is 3.78. The Hall–Kier alpha value is -0.520. The van der Waals surface area contributed by atoms with Gasteiger partial charge in [-0.15, -0.1) is 0 Å². The van der Waals surface area contributed by atoms with Gasteiger partial charge in [0.25, 0.3) is 0 Å². The summed E-state index contributed by atoms with van der Waals surface area (Å²) >= 11 is 0. The van der Waals surface area contributed by atoms with Crippen LogP contribution in [-0.2, 0) is 0 Å². The molecule has 72 valence electrons. The van der Waals surface area contributed by atoms with Crippen molar-refractivity contribution in [2.75, 3.05) is 0 Å². The van der Waals surface area contributed by atoms with Gasteiger partial charge >= 0.3 is 0 Å². The van der Waals surface area contributed by atoms with E-state index in [0.29, 0.717) is 0 Å². The van der Waals surface area contributed by atoms with Gasteiger partial charge in [0.1, 0.15) is 0 Å². The smallest absolute Gasteiger partial charge is 0.0131 e. The first-order valence-electron chi connectivity index (χ1n) is 5.71. The second-order valence-electron chi connectivity index (χ2n) is 4.53. The number of hydrogen-bond acceptors (Lipinski definition) is 0. The largest absolute Gasteiger partial charge is 0.0811 e. The zero-order valence-electron chi connectivity index (χ0n) is 8.79. The predicted molar refractivity (Wildman–Crippen MR) is 57.5 cm³/mol. The van der Waals surface area contributed by atoms with Crippen LogP contribution in [0, 0.1) is 17.8 Å². The molecule has 0 aromatic carbocycles. The van der Waals surface area contributed by atoms with E-state index in [0.717, 1.165) is 17.8 Å². The number of fused-ring (bicyclic) bond motifs is 1. The second kappa shape index (κ2) is 3.69. The molecule has 2 rings (SSSR count). The van der Waals surface area contributed by atoms with E-state index in [1.54, 1.807) is 5.57 Å². The molecule has 0 radical (unpaired) electrons. The van der Waals surface area contributed by atoms with Crippen molar-refractivity contribution in [1.82, 2.24) is 0 Å². The maximum Gasteiger partial charge on any atom is -0.0131 e. The zero-order valence-corrected chi connectivity index (χ0v) is 8.79. The maximum absolute atomic E-state index is 2.46. The monoisotopic (exact) mass is 176 g/mol. The number of allylic oxidation sites excluding steroid dienone is 4. The molecule has 0 amide bonds. The summed E-state index contributed by atoms with van der Waals surface area (Å²) in [6.45, 7) is 4.71. The third-order valence-electron chi connectivity index (χ3n) is 3.78. The van der Waals surface area contributed by atoms with E-state index in [-0.39, 0.29) is 0 Å². The molecule has 0 heteroatoms.